The molecule has 0 saturated carbocycles. The number of nitrogens with two attached hydrogens (primary N) is 1. The standard InChI is InChI=1S/C21H31N5O6/c1-26(18(4-2-3-9-22)21(32)23-10-11-27)19(30)13-24-20(31)17(25-14-28)12-15-5-7-16(29)8-6-15/h5-8,11,14,17-18,29H,2-4,9-10,12-13,22H2,1H3,(H,23,32)(H,24,31)(H,25,28). The van der Waals surface area contributed by atoms with Crippen LogP contribution in [0.2, 0.25) is 0 Å². The van der Waals surface area contributed by atoms with Crippen LogP contribution in [0.5, 0.6) is 5.75 Å². The summed E-state index contributed by atoms with van der Waals surface area (Å²) in [7, 11) is 1.44. The first-order chi connectivity index (χ1) is 15.3. The summed E-state index contributed by atoms with van der Waals surface area (Å²) in [5, 5.41) is 16.7. The van der Waals surface area contributed by atoms with E-state index in [2.05, 4.69) is 16.0 Å². The van der Waals surface area contributed by atoms with Crippen molar-refractivity contribution < 1.29 is 29.1 Å². The zero-order chi connectivity index (χ0) is 23.9. The molecule has 0 heterocycles. The maximum atomic E-state index is 12.6. The number of phenolic OH excluding ortho intramolecular Hbond substituents is 1. The quantitative estimate of drug-likeness (QED) is 0.159. The number of likely N-dealkylation sites (N-methyl/N-ethyl adjacent to an activating group) is 1. The first-order valence-corrected chi connectivity index (χ1v) is 10.3. The highest BCUT2D eigenvalue weighted by Crippen LogP contribution is 2.12. The summed E-state index contributed by atoms with van der Waals surface area (Å²) in [6, 6.07) is 4.42. The molecule has 1 aromatic rings. The van der Waals surface area contributed by atoms with Crippen molar-refractivity contribution in [2.45, 2.75) is 37.8 Å². The van der Waals surface area contributed by atoms with Crippen LogP contribution >= 0.6 is 0 Å². The molecule has 2 atom stereocenters. The maximum absolute atomic E-state index is 12.6. The molecule has 0 aliphatic heterocycles. The highest BCUT2D eigenvalue weighted by molar-refractivity contribution is 5.91. The zero-order valence-corrected chi connectivity index (χ0v) is 18.1. The number of carbonyl (C=O) groups excluding carboxylic acids is 5. The Morgan fingerprint density at radius 2 is 1.78 bits per heavy atom. The Labute approximate surface area is 186 Å². The van der Waals surface area contributed by atoms with E-state index in [-0.39, 0.29) is 25.3 Å². The average molecular weight is 450 g/mol. The third-order valence-corrected chi connectivity index (χ3v) is 4.83. The van der Waals surface area contributed by atoms with Gasteiger partial charge in [-0.2, -0.15) is 0 Å². The number of hydrogen-bond donors (Lipinski definition) is 5. The van der Waals surface area contributed by atoms with Crippen LogP contribution in [0.3, 0.4) is 0 Å². The monoisotopic (exact) mass is 449 g/mol. The molecule has 0 aromatic heterocycles. The minimum absolute atomic E-state index is 0.0740. The molecule has 32 heavy (non-hydrogen) atoms. The predicted octanol–water partition coefficient (Wildman–Crippen LogP) is -1.56. The molecule has 0 aliphatic carbocycles. The number of phenols is 1. The maximum Gasteiger partial charge on any atom is 0.243 e. The first kappa shape index (κ1) is 26.6. The molecule has 176 valence electrons. The van der Waals surface area contributed by atoms with Crippen LogP contribution in [0.1, 0.15) is 24.8 Å². The van der Waals surface area contributed by atoms with E-state index in [9.17, 15) is 29.1 Å². The Morgan fingerprint density at radius 3 is 2.38 bits per heavy atom. The van der Waals surface area contributed by atoms with Gasteiger partial charge in [-0.05, 0) is 43.5 Å². The van der Waals surface area contributed by atoms with E-state index in [1.54, 1.807) is 12.1 Å². The van der Waals surface area contributed by atoms with E-state index in [0.29, 0.717) is 44.1 Å². The normalized spacial score (nSPS) is 12.2. The van der Waals surface area contributed by atoms with Gasteiger partial charge in [-0.3, -0.25) is 19.2 Å². The Balaban J connectivity index is 2.73. The lowest BCUT2D eigenvalue weighted by atomic mass is 10.1. The molecule has 1 rings (SSSR count). The number of hydrogen-bond acceptors (Lipinski definition) is 7. The molecule has 4 amide bonds. The van der Waals surface area contributed by atoms with Crippen molar-refractivity contribution in [2.75, 3.05) is 26.7 Å². The molecule has 11 heteroatoms. The minimum Gasteiger partial charge on any atom is -0.508 e. The Kier molecular flexibility index (Phi) is 12.1. The number of aldehydes is 1. The largest absolute Gasteiger partial charge is 0.508 e. The highest BCUT2D eigenvalue weighted by Gasteiger charge is 2.27. The number of aromatic hydroxyl groups is 1. The summed E-state index contributed by atoms with van der Waals surface area (Å²) in [5.74, 6) is -1.47. The van der Waals surface area contributed by atoms with Crippen LogP contribution in [-0.4, -0.2) is 79.2 Å². The van der Waals surface area contributed by atoms with Crippen molar-refractivity contribution in [3.63, 3.8) is 0 Å². The van der Waals surface area contributed by atoms with Gasteiger partial charge in [0.2, 0.25) is 24.1 Å². The molecule has 0 spiro atoms. The summed E-state index contributed by atoms with van der Waals surface area (Å²) < 4.78 is 0. The molecular weight excluding hydrogens is 418 g/mol. The second kappa shape index (κ2) is 14.5. The van der Waals surface area contributed by atoms with Gasteiger partial charge in [0, 0.05) is 13.5 Å². The van der Waals surface area contributed by atoms with Gasteiger partial charge in [0.1, 0.15) is 24.1 Å². The van der Waals surface area contributed by atoms with E-state index in [1.165, 1.54) is 24.1 Å². The highest BCUT2D eigenvalue weighted by atomic mass is 16.3. The number of rotatable bonds is 15. The van der Waals surface area contributed by atoms with Gasteiger partial charge in [0.25, 0.3) is 0 Å². The summed E-state index contributed by atoms with van der Waals surface area (Å²) in [5.41, 5.74) is 6.19. The van der Waals surface area contributed by atoms with E-state index in [0.717, 1.165) is 0 Å². The molecule has 0 bridgehead atoms. The van der Waals surface area contributed by atoms with Gasteiger partial charge in [-0.1, -0.05) is 12.1 Å². The number of benzene rings is 1. The van der Waals surface area contributed by atoms with Crippen LogP contribution in [0.25, 0.3) is 0 Å². The van der Waals surface area contributed by atoms with E-state index >= 15 is 0 Å². The molecule has 1 aromatic carbocycles. The summed E-state index contributed by atoms with van der Waals surface area (Å²) in [6.45, 7) is -0.0971. The Hall–Kier alpha value is -3.47. The zero-order valence-electron chi connectivity index (χ0n) is 18.1. The number of unbranched alkanes of at least 4 members (excludes halogenated alkanes) is 1. The third-order valence-electron chi connectivity index (χ3n) is 4.83. The lowest BCUT2D eigenvalue weighted by molar-refractivity contribution is -0.139. The number of amides is 4. The molecular formula is C21H31N5O6. The lowest BCUT2D eigenvalue weighted by Gasteiger charge is -2.27. The fourth-order valence-electron chi connectivity index (χ4n) is 3.00. The van der Waals surface area contributed by atoms with Crippen molar-refractivity contribution in [1.82, 2.24) is 20.9 Å². The number of nitrogens with zero attached hydrogens (tertiary/aromatic N) is 1. The molecule has 2 unspecified atom stereocenters. The molecule has 0 aliphatic rings. The fourth-order valence-corrected chi connectivity index (χ4v) is 3.00. The van der Waals surface area contributed by atoms with Gasteiger partial charge in [0.05, 0.1) is 13.1 Å². The topological polar surface area (TPSA) is 171 Å². The third kappa shape index (κ3) is 9.13. The van der Waals surface area contributed by atoms with Crippen LogP contribution in [0.4, 0.5) is 0 Å². The van der Waals surface area contributed by atoms with Crippen molar-refractivity contribution >= 4 is 30.4 Å². The first-order valence-electron chi connectivity index (χ1n) is 10.3. The second-order valence-electron chi connectivity index (χ2n) is 7.14. The SMILES string of the molecule is CN(C(=O)CNC(=O)C(Cc1ccc(O)cc1)NC=O)C(CCCCN)C(=O)NCC=O. The van der Waals surface area contributed by atoms with Crippen molar-refractivity contribution in [3.8, 4) is 5.75 Å². The van der Waals surface area contributed by atoms with Gasteiger partial charge < -0.3 is 36.5 Å². The Bertz CT molecular complexity index is 770. The van der Waals surface area contributed by atoms with Gasteiger partial charge in [0.15, 0.2) is 0 Å². The van der Waals surface area contributed by atoms with Gasteiger partial charge in [-0.15, -0.1) is 0 Å². The van der Waals surface area contributed by atoms with Crippen molar-refractivity contribution in [2.24, 2.45) is 5.73 Å². The van der Waals surface area contributed by atoms with E-state index < -0.39 is 29.8 Å². The van der Waals surface area contributed by atoms with Crippen LogP contribution in [0, 0.1) is 0 Å². The lowest BCUT2D eigenvalue weighted by Crippen LogP contribution is -2.52. The minimum atomic E-state index is -0.925. The summed E-state index contributed by atoms with van der Waals surface area (Å²) in [6.07, 6.45) is 2.73. The number of nitrogens with one attached hydrogen (secondary N) is 3. The van der Waals surface area contributed by atoms with Gasteiger partial charge in [-0.25, -0.2) is 0 Å². The van der Waals surface area contributed by atoms with E-state index in [1.807, 2.05) is 0 Å². The Morgan fingerprint density at radius 1 is 1.09 bits per heavy atom. The number of carbonyl (C=O) groups is 5. The van der Waals surface area contributed by atoms with E-state index in [4.69, 9.17) is 5.73 Å². The van der Waals surface area contributed by atoms with Gasteiger partial charge >= 0.3 is 0 Å². The van der Waals surface area contributed by atoms with Crippen molar-refractivity contribution in [3.05, 3.63) is 29.8 Å². The predicted molar refractivity (Wildman–Crippen MR) is 116 cm³/mol. The summed E-state index contributed by atoms with van der Waals surface area (Å²) >= 11 is 0. The van der Waals surface area contributed by atoms with Crippen LogP contribution in [-0.2, 0) is 30.4 Å². The molecule has 0 saturated heterocycles. The molecule has 11 nitrogen and oxygen atoms in total. The molecule has 0 fully saturated rings. The smallest absolute Gasteiger partial charge is 0.243 e. The molecule has 6 N–H and O–H groups in total. The van der Waals surface area contributed by atoms with Crippen molar-refractivity contribution in [1.29, 1.82) is 0 Å². The summed E-state index contributed by atoms with van der Waals surface area (Å²) in [4.78, 5) is 60.1. The average Bonchev–Trinajstić information content (AvgIpc) is 2.79. The fraction of sp³-hybridized carbons (Fsp3) is 0.476. The van der Waals surface area contributed by atoms with Crippen LogP contribution < -0.4 is 21.7 Å². The van der Waals surface area contributed by atoms with Crippen LogP contribution in [0.15, 0.2) is 24.3 Å². The molecule has 0 radical (unpaired) electrons. The second-order valence-corrected chi connectivity index (χ2v) is 7.14.